The van der Waals surface area contributed by atoms with Crippen LogP contribution in [-0.4, -0.2) is 39.6 Å². The molecule has 1 aromatic carbocycles. The summed E-state index contributed by atoms with van der Waals surface area (Å²) < 4.78 is 0. The van der Waals surface area contributed by atoms with Crippen molar-refractivity contribution in [2.75, 3.05) is 11.1 Å². The lowest BCUT2D eigenvalue weighted by Gasteiger charge is -2.27. The largest absolute Gasteiger partial charge is 0.384 e. The van der Waals surface area contributed by atoms with Gasteiger partial charge in [-0.15, -0.1) is 0 Å². The number of rotatable bonds is 4. The van der Waals surface area contributed by atoms with E-state index in [-0.39, 0.29) is 30.5 Å². The van der Waals surface area contributed by atoms with Crippen molar-refractivity contribution in [3.8, 4) is 0 Å². The zero-order chi connectivity index (χ0) is 19.8. The number of aromatic nitrogens is 1. The molecular weight excluding hydrogens is 362 g/mol. The molecule has 2 aliphatic rings. The van der Waals surface area contributed by atoms with Crippen LogP contribution in [0.5, 0.6) is 0 Å². The van der Waals surface area contributed by atoms with Gasteiger partial charge in [0.2, 0.25) is 11.8 Å². The number of anilines is 2. The van der Waals surface area contributed by atoms with Crippen LogP contribution in [0.1, 0.15) is 39.1 Å². The smallest absolute Gasteiger partial charge is 0.262 e. The Balaban J connectivity index is 1.61. The standard InChI is InChI=1S/C19H17N5O4/c20-14-8-11(6-7-21-14)22-9-10-2-1-3-12-16(10)19(28)24(18(12)27)13-4-5-15(25)23-17(13)26/h1-3,6-8,13H,4-5,9H2,(H3,20,21,22)(H,23,25,26). The molecule has 28 heavy (non-hydrogen) atoms. The van der Waals surface area contributed by atoms with E-state index in [1.54, 1.807) is 36.5 Å². The Morgan fingerprint density at radius 2 is 2.00 bits per heavy atom. The molecule has 3 heterocycles. The summed E-state index contributed by atoms with van der Waals surface area (Å²) in [7, 11) is 0. The van der Waals surface area contributed by atoms with Crippen molar-refractivity contribution in [1.82, 2.24) is 15.2 Å². The van der Waals surface area contributed by atoms with Crippen LogP contribution in [0.15, 0.2) is 36.5 Å². The average Bonchev–Trinajstić information content (AvgIpc) is 2.92. The molecule has 4 amide bonds. The maximum absolute atomic E-state index is 13.0. The molecule has 4 N–H and O–H groups in total. The Morgan fingerprint density at radius 3 is 2.75 bits per heavy atom. The first-order chi connectivity index (χ1) is 13.5. The predicted octanol–water partition coefficient (Wildman–Crippen LogP) is 0.677. The first kappa shape index (κ1) is 17.7. The van der Waals surface area contributed by atoms with Crippen molar-refractivity contribution in [2.24, 2.45) is 0 Å². The number of benzene rings is 1. The molecule has 1 fully saturated rings. The molecule has 1 aromatic heterocycles. The molecule has 1 atom stereocenters. The van der Waals surface area contributed by atoms with Gasteiger partial charge in [-0.1, -0.05) is 12.1 Å². The number of nitrogens with one attached hydrogen (secondary N) is 2. The Kier molecular flexibility index (Phi) is 4.26. The molecule has 0 radical (unpaired) electrons. The van der Waals surface area contributed by atoms with Crippen LogP contribution in [0, 0.1) is 0 Å². The fourth-order valence-corrected chi connectivity index (χ4v) is 3.49. The van der Waals surface area contributed by atoms with Crippen molar-refractivity contribution in [3.05, 3.63) is 53.2 Å². The Bertz CT molecular complexity index is 1020. The summed E-state index contributed by atoms with van der Waals surface area (Å²) in [4.78, 5) is 54.2. The summed E-state index contributed by atoms with van der Waals surface area (Å²) in [6.07, 6.45) is 1.77. The van der Waals surface area contributed by atoms with Crippen molar-refractivity contribution in [1.29, 1.82) is 0 Å². The number of nitrogens with zero attached hydrogens (tertiary/aromatic N) is 2. The van der Waals surface area contributed by atoms with E-state index in [4.69, 9.17) is 5.73 Å². The summed E-state index contributed by atoms with van der Waals surface area (Å²) in [6.45, 7) is 0.287. The summed E-state index contributed by atoms with van der Waals surface area (Å²) in [5.74, 6) is -1.72. The summed E-state index contributed by atoms with van der Waals surface area (Å²) in [6, 6.07) is 7.42. The summed E-state index contributed by atoms with van der Waals surface area (Å²) in [5, 5.41) is 5.34. The number of fused-ring (bicyclic) bond motifs is 1. The first-order valence-corrected chi connectivity index (χ1v) is 8.74. The van der Waals surface area contributed by atoms with E-state index in [9.17, 15) is 19.2 Å². The van der Waals surface area contributed by atoms with Crippen LogP contribution in [0.3, 0.4) is 0 Å². The van der Waals surface area contributed by atoms with E-state index in [0.717, 1.165) is 10.6 Å². The molecule has 9 heteroatoms. The zero-order valence-electron chi connectivity index (χ0n) is 14.8. The third kappa shape index (κ3) is 2.96. The average molecular weight is 379 g/mol. The molecule has 0 aliphatic carbocycles. The minimum absolute atomic E-state index is 0.0850. The molecule has 9 nitrogen and oxygen atoms in total. The second kappa shape index (κ2) is 6.76. The van der Waals surface area contributed by atoms with Crippen LogP contribution >= 0.6 is 0 Å². The van der Waals surface area contributed by atoms with Crippen LogP contribution in [0.2, 0.25) is 0 Å². The maximum atomic E-state index is 13.0. The van der Waals surface area contributed by atoms with E-state index in [2.05, 4.69) is 15.6 Å². The molecule has 1 unspecified atom stereocenters. The van der Waals surface area contributed by atoms with Gasteiger partial charge in [-0.25, -0.2) is 4.98 Å². The van der Waals surface area contributed by atoms with Gasteiger partial charge in [-0.05, 0) is 24.1 Å². The van der Waals surface area contributed by atoms with Gasteiger partial charge >= 0.3 is 0 Å². The molecule has 1 saturated heterocycles. The van der Waals surface area contributed by atoms with Crippen LogP contribution < -0.4 is 16.4 Å². The van der Waals surface area contributed by atoms with E-state index < -0.39 is 29.7 Å². The first-order valence-electron chi connectivity index (χ1n) is 8.74. The SMILES string of the molecule is Nc1cc(NCc2cccc3c2C(=O)N(C2CCC(=O)NC2=O)C3=O)ccn1. The number of carbonyl (C=O) groups excluding carboxylic acids is 4. The minimum atomic E-state index is -0.981. The van der Waals surface area contributed by atoms with Crippen molar-refractivity contribution < 1.29 is 19.2 Å². The Labute approximate surface area is 159 Å². The second-order valence-electron chi connectivity index (χ2n) is 6.61. The van der Waals surface area contributed by atoms with Crippen molar-refractivity contribution in [3.63, 3.8) is 0 Å². The fourth-order valence-electron chi connectivity index (χ4n) is 3.49. The third-order valence-electron chi connectivity index (χ3n) is 4.82. The highest BCUT2D eigenvalue weighted by atomic mass is 16.2. The number of hydrogen-bond acceptors (Lipinski definition) is 7. The third-order valence-corrected chi connectivity index (χ3v) is 4.82. The van der Waals surface area contributed by atoms with E-state index in [1.165, 1.54) is 0 Å². The monoisotopic (exact) mass is 379 g/mol. The van der Waals surface area contributed by atoms with Crippen LogP contribution in [0.4, 0.5) is 11.5 Å². The molecule has 2 aromatic rings. The highest BCUT2D eigenvalue weighted by molar-refractivity contribution is 6.24. The van der Waals surface area contributed by atoms with Crippen LogP contribution in [-0.2, 0) is 16.1 Å². The highest BCUT2D eigenvalue weighted by Crippen LogP contribution is 2.30. The minimum Gasteiger partial charge on any atom is -0.384 e. The van der Waals surface area contributed by atoms with Gasteiger partial charge in [0, 0.05) is 30.9 Å². The quantitative estimate of drug-likeness (QED) is 0.665. The van der Waals surface area contributed by atoms with Crippen molar-refractivity contribution >= 4 is 35.1 Å². The van der Waals surface area contributed by atoms with E-state index >= 15 is 0 Å². The molecular formula is C19H17N5O4. The number of nitrogens with two attached hydrogens (primary N) is 1. The lowest BCUT2D eigenvalue weighted by atomic mass is 10.0. The van der Waals surface area contributed by atoms with Crippen LogP contribution in [0.25, 0.3) is 0 Å². The molecule has 2 aliphatic heterocycles. The molecule has 0 spiro atoms. The van der Waals surface area contributed by atoms with Gasteiger partial charge in [0.1, 0.15) is 11.9 Å². The maximum Gasteiger partial charge on any atom is 0.262 e. The number of piperidine rings is 1. The Morgan fingerprint density at radius 1 is 1.18 bits per heavy atom. The lowest BCUT2D eigenvalue weighted by molar-refractivity contribution is -0.136. The van der Waals surface area contributed by atoms with Crippen molar-refractivity contribution in [2.45, 2.75) is 25.4 Å². The zero-order valence-corrected chi connectivity index (χ0v) is 14.8. The van der Waals surface area contributed by atoms with Gasteiger partial charge in [-0.3, -0.25) is 29.4 Å². The number of carbonyl (C=O) groups is 4. The van der Waals surface area contributed by atoms with Gasteiger partial charge in [0.05, 0.1) is 11.1 Å². The number of imide groups is 2. The lowest BCUT2D eigenvalue weighted by Crippen LogP contribution is -2.54. The summed E-state index contributed by atoms with van der Waals surface area (Å²) in [5.41, 5.74) is 7.54. The summed E-state index contributed by atoms with van der Waals surface area (Å²) >= 11 is 0. The van der Waals surface area contributed by atoms with E-state index in [0.29, 0.717) is 11.4 Å². The normalized spacial score (nSPS) is 18.9. The predicted molar refractivity (Wildman–Crippen MR) is 99.1 cm³/mol. The van der Waals surface area contributed by atoms with Gasteiger partial charge in [0.25, 0.3) is 11.8 Å². The number of amides is 4. The van der Waals surface area contributed by atoms with Gasteiger partial charge in [-0.2, -0.15) is 0 Å². The van der Waals surface area contributed by atoms with Gasteiger partial charge < -0.3 is 11.1 Å². The molecule has 0 saturated carbocycles. The number of nitrogen functional groups attached to an aromatic ring is 1. The molecule has 4 rings (SSSR count). The topological polar surface area (TPSA) is 134 Å². The second-order valence-corrected chi connectivity index (χ2v) is 6.61. The fraction of sp³-hybridized carbons (Fsp3) is 0.211. The highest BCUT2D eigenvalue weighted by Gasteiger charge is 2.45. The Hall–Kier alpha value is -3.75. The number of pyridine rings is 1. The van der Waals surface area contributed by atoms with E-state index in [1.807, 2.05) is 0 Å². The number of hydrogen-bond donors (Lipinski definition) is 3. The molecule has 0 bridgehead atoms. The van der Waals surface area contributed by atoms with Gasteiger partial charge in [0.15, 0.2) is 0 Å². The molecule has 142 valence electrons.